The fraction of sp³-hybridized carbons (Fsp3) is 0.208. The van der Waals surface area contributed by atoms with Gasteiger partial charge in [0.25, 0.3) is 11.8 Å². The predicted octanol–water partition coefficient (Wildman–Crippen LogP) is 8.75. The van der Waals surface area contributed by atoms with Gasteiger partial charge in [0.2, 0.25) is 11.8 Å². The predicted molar refractivity (Wildman–Crippen MR) is 232 cm³/mol. The molecule has 2 atom stereocenters. The van der Waals surface area contributed by atoms with E-state index in [0.717, 1.165) is 35.5 Å². The van der Waals surface area contributed by atoms with E-state index >= 15 is 0 Å². The minimum absolute atomic E-state index is 0.188. The third kappa shape index (κ3) is 9.34. The average Bonchev–Trinajstić information content (AvgIpc) is 4.14. The Labute approximate surface area is 348 Å². The maximum atomic E-state index is 13.7. The van der Waals surface area contributed by atoms with E-state index in [4.69, 9.17) is 8.83 Å². The van der Waals surface area contributed by atoms with Gasteiger partial charge in [-0.2, -0.15) is 0 Å². The highest BCUT2D eigenvalue weighted by molar-refractivity contribution is 6.05. The van der Waals surface area contributed by atoms with Crippen LogP contribution in [0.3, 0.4) is 0 Å². The Morgan fingerprint density at radius 3 is 1.35 bits per heavy atom. The second-order valence-electron chi connectivity index (χ2n) is 14.8. The van der Waals surface area contributed by atoms with E-state index in [1.807, 2.05) is 121 Å². The van der Waals surface area contributed by atoms with Gasteiger partial charge in [-0.15, -0.1) is 0 Å². The van der Waals surface area contributed by atoms with Crippen molar-refractivity contribution in [3.63, 3.8) is 0 Å². The number of nitrogens with one attached hydrogen (secondary N) is 4. The smallest absolute Gasteiger partial charge is 0.256 e. The minimum atomic E-state index is -0.578. The molecule has 2 aliphatic heterocycles. The fourth-order valence-corrected chi connectivity index (χ4v) is 7.71. The van der Waals surface area contributed by atoms with Gasteiger partial charge in [-0.05, 0) is 110 Å². The summed E-state index contributed by atoms with van der Waals surface area (Å²) < 4.78 is 10.8. The molecule has 2 saturated heterocycles. The number of hydrogen-bond donors (Lipinski definition) is 4. The van der Waals surface area contributed by atoms with Crippen LogP contribution in [0.4, 0.5) is 22.7 Å². The molecule has 12 nitrogen and oxygen atoms in total. The third-order valence-corrected chi connectivity index (χ3v) is 10.8. The number of likely N-dealkylation sites (tertiary alicyclic amines) is 2. The molecule has 304 valence electrons. The molecule has 8 rings (SSSR count). The summed E-state index contributed by atoms with van der Waals surface area (Å²) in [6.07, 6.45) is 9.82. The van der Waals surface area contributed by atoms with E-state index in [1.165, 1.54) is 0 Å². The second-order valence-corrected chi connectivity index (χ2v) is 14.8. The van der Waals surface area contributed by atoms with Crippen LogP contribution in [0.2, 0.25) is 0 Å². The highest BCUT2D eigenvalue weighted by Crippen LogP contribution is 2.28. The van der Waals surface area contributed by atoms with Crippen LogP contribution in [0.5, 0.6) is 0 Å². The van der Waals surface area contributed by atoms with Crippen molar-refractivity contribution in [2.75, 3.05) is 34.4 Å². The molecule has 0 radical (unpaired) electrons. The molecular weight excluding hydrogens is 757 g/mol. The third-order valence-electron chi connectivity index (χ3n) is 10.8. The van der Waals surface area contributed by atoms with E-state index < -0.39 is 12.1 Å². The Morgan fingerprint density at radius 1 is 0.533 bits per heavy atom. The van der Waals surface area contributed by atoms with Crippen LogP contribution in [0.15, 0.2) is 143 Å². The van der Waals surface area contributed by atoms with Crippen LogP contribution in [0.25, 0.3) is 12.2 Å². The van der Waals surface area contributed by atoms with E-state index in [0.29, 0.717) is 72.9 Å². The van der Waals surface area contributed by atoms with Gasteiger partial charge in [0.15, 0.2) is 0 Å². The molecule has 4 N–H and O–H groups in total. The molecule has 2 aliphatic rings. The lowest BCUT2D eigenvalue weighted by molar-refractivity contribution is -0.120. The summed E-state index contributed by atoms with van der Waals surface area (Å²) in [5.74, 6) is 0.700. The summed E-state index contributed by atoms with van der Waals surface area (Å²) in [5.41, 5.74) is 5.55. The van der Waals surface area contributed by atoms with E-state index in [9.17, 15) is 19.2 Å². The van der Waals surface area contributed by atoms with Crippen molar-refractivity contribution < 1.29 is 28.0 Å². The Kier molecular flexibility index (Phi) is 12.2. The van der Waals surface area contributed by atoms with Gasteiger partial charge in [-0.3, -0.25) is 19.2 Å². The molecule has 6 aromatic rings. The Balaban J connectivity index is 0.830. The average molecular weight is 803 g/mol. The Hall–Kier alpha value is -7.34. The molecule has 0 unspecified atom stereocenters. The highest BCUT2D eigenvalue weighted by atomic mass is 16.3. The SMILES string of the molecule is O=C(Nc1ccc(C=Cc2ccc(NC(=O)[C@@H]3CCCN3C(=O)c3ccccc3NCc3ccco3)cc2)cc1)[C@@H]1CCCN1C(=O)c1ccccc1NCc1ccco1. The zero-order chi connectivity index (χ0) is 41.3. The largest absolute Gasteiger partial charge is 0.467 e. The summed E-state index contributed by atoms with van der Waals surface area (Å²) in [5, 5.41) is 12.6. The van der Waals surface area contributed by atoms with Crippen molar-refractivity contribution in [2.45, 2.75) is 50.9 Å². The first-order valence-electron chi connectivity index (χ1n) is 20.2. The lowest BCUT2D eigenvalue weighted by Crippen LogP contribution is -2.43. The van der Waals surface area contributed by atoms with Crippen LogP contribution in [0.1, 0.15) is 69.0 Å². The molecule has 0 bridgehead atoms. The van der Waals surface area contributed by atoms with E-state index in [2.05, 4.69) is 21.3 Å². The number of nitrogens with zero attached hydrogens (tertiary/aromatic N) is 2. The van der Waals surface area contributed by atoms with E-state index in [1.54, 1.807) is 34.5 Å². The first-order valence-corrected chi connectivity index (χ1v) is 20.2. The van der Waals surface area contributed by atoms with Gasteiger partial charge in [-0.1, -0.05) is 60.7 Å². The van der Waals surface area contributed by atoms with Crippen LogP contribution >= 0.6 is 0 Å². The summed E-state index contributed by atoms with van der Waals surface area (Å²) in [6.45, 7) is 1.88. The zero-order valence-corrected chi connectivity index (χ0v) is 33.0. The minimum Gasteiger partial charge on any atom is -0.467 e. The molecule has 4 heterocycles. The molecule has 0 saturated carbocycles. The van der Waals surface area contributed by atoms with E-state index in [-0.39, 0.29) is 23.6 Å². The molecule has 0 spiro atoms. The van der Waals surface area contributed by atoms with Crippen molar-refractivity contribution in [2.24, 2.45) is 0 Å². The molecular formula is C48H46N6O6. The number of para-hydroxylation sites is 2. The maximum Gasteiger partial charge on any atom is 0.256 e. The fourth-order valence-electron chi connectivity index (χ4n) is 7.71. The van der Waals surface area contributed by atoms with Crippen LogP contribution in [0, 0.1) is 0 Å². The van der Waals surface area contributed by atoms with Gasteiger partial charge in [0, 0.05) is 35.8 Å². The number of hydrogen-bond acceptors (Lipinski definition) is 8. The zero-order valence-electron chi connectivity index (χ0n) is 33.0. The number of carbonyl (C=O) groups is 4. The van der Waals surface area contributed by atoms with Crippen LogP contribution < -0.4 is 21.3 Å². The summed E-state index contributed by atoms with van der Waals surface area (Å²) >= 11 is 0. The maximum absolute atomic E-state index is 13.7. The first-order chi connectivity index (χ1) is 29.4. The number of benzene rings is 4. The molecule has 0 aliphatic carbocycles. The summed E-state index contributed by atoms with van der Waals surface area (Å²) in [4.78, 5) is 57.7. The van der Waals surface area contributed by atoms with Gasteiger partial charge in [0.05, 0.1) is 36.7 Å². The standard InChI is InChI=1S/C48H46N6O6/c55-45(43-15-5-27-53(43)47(57)39-11-1-3-13-41(39)49-31-37-9-7-29-59-37)51-35-23-19-33(20-24-35)17-18-34-21-25-36(26-22-34)52-46(56)44-16-6-28-54(44)48(58)40-12-2-4-14-42(40)50-32-38-10-8-30-60-38/h1-4,7-14,17-26,29-30,43-44,49-50H,5-6,15-16,27-28,31-32H2,(H,51,55)(H,52,56)/t43-,44-/m0/s1. The monoisotopic (exact) mass is 802 g/mol. The molecule has 2 fully saturated rings. The summed E-state index contributed by atoms with van der Waals surface area (Å²) in [6, 6.07) is 35.9. The van der Waals surface area contributed by atoms with Gasteiger partial charge >= 0.3 is 0 Å². The topological polar surface area (TPSA) is 149 Å². The van der Waals surface area contributed by atoms with Crippen molar-refractivity contribution in [3.05, 3.63) is 168 Å². The quantitative estimate of drug-likeness (QED) is 0.0800. The molecule has 4 aromatic carbocycles. The summed E-state index contributed by atoms with van der Waals surface area (Å²) in [7, 11) is 0. The second kappa shape index (κ2) is 18.5. The first kappa shape index (κ1) is 39.5. The molecule has 2 aromatic heterocycles. The number of furan rings is 2. The Morgan fingerprint density at radius 2 is 0.950 bits per heavy atom. The highest BCUT2D eigenvalue weighted by Gasteiger charge is 2.36. The molecule has 4 amide bonds. The van der Waals surface area contributed by atoms with Gasteiger partial charge < -0.3 is 39.9 Å². The van der Waals surface area contributed by atoms with Crippen molar-refractivity contribution in [1.29, 1.82) is 0 Å². The molecule has 12 heteroatoms. The van der Waals surface area contributed by atoms with Crippen LogP contribution in [-0.4, -0.2) is 58.6 Å². The van der Waals surface area contributed by atoms with Crippen molar-refractivity contribution in [1.82, 2.24) is 9.80 Å². The lowest BCUT2D eigenvalue weighted by Gasteiger charge is -2.25. The van der Waals surface area contributed by atoms with Crippen LogP contribution in [-0.2, 0) is 22.7 Å². The lowest BCUT2D eigenvalue weighted by atomic mass is 10.1. The normalized spacial score (nSPS) is 16.2. The number of rotatable bonds is 14. The number of amides is 4. The van der Waals surface area contributed by atoms with Crippen molar-refractivity contribution in [3.8, 4) is 0 Å². The molecule has 60 heavy (non-hydrogen) atoms. The number of carbonyl (C=O) groups excluding carboxylic acids is 4. The number of anilines is 4. The Bertz CT molecular complexity index is 2270. The van der Waals surface area contributed by atoms with Gasteiger partial charge in [-0.25, -0.2) is 0 Å². The van der Waals surface area contributed by atoms with Gasteiger partial charge in [0.1, 0.15) is 23.6 Å². The van der Waals surface area contributed by atoms with Crippen molar-refractivity contribution >= 4 is 58.5 Å².